The van der Waals surface area contributed by atoms with Crippen LogP contribution >= 0.6 is 11.3 Å². The van der Waals surface area contributed by atoms with Crippen LogP contribution in [0.2, 0.25) is 0 Å². The average molecular weight is 1170 g/mol. The maximum atomic E-state index is 13.9. The molecule has 0 N–H and O–H groups in total. The zero-order chi connectivity index (χ0) is 59.3. The Labute approximate surface area is 494 Å². The van der Waals surface area contributed by atoms with Crippen molar-refractivity contribution in [2.24, 2.45) is 28.8 Å². The Morgan fingerprint density at radius 3 is 1.46 bits per heavy atom. The number of para-hydroxylation sites is 1. The molecule has 0 saturated heterocycles. The Balaban J connectivity index is 0.912. The number of nitriles is 1. The number of anilines is 1. The number of aromatic nitrogens is 1. The summed E-state index contributed by atoms with van der Waals surface area (Å²) in [7, 11) is 0. The number of hydrazone groups is 1. The number of carbonyl (C=O) groups excluding carboxylic acids is 6. The molecule has 0 bridgehead atoms. The minimum Gasteiger partial charge on any atom is -0.494 e. The van der Waals surface area contributed by atoms with Crippen molar-refractivity contribution in [1.82, 2.24) is 4.98 Å². The van der Waals surface area contributed by atoms with Gasteiger partial charge >= 0.3 is 35.8 Å². The summed E-state index contributed by atoms with van der Waals surface area (Å²) in [6, 6.07) is 28.5. The van der Waals surface area contributed by atoms with Gasteiger partial charge in [0.2, 0.25) is 5.13 Å². The first-order valence-corrected chi connectivity index (χ1v) is 29.9. The molecule has 84 heavy (non-hydrogen) atoms. The summed E-state index contributed by atoms with van der Waals surface area (Å²) < 4.78 is 46.2. The standard InChI is InChI=1S/C65H74N4O14S/c1-3-59(70)78-42-16-7-5-14-40-76-51-28-32-53(33-29-51)80-61(72)46-20-22-48(23-21-46)63(74)82-55-36-37-57(50(44-55)45-67-69(39-13-9-12-38-66)65-68-56-18-10-11-19-58(56)84-65)83-64(75)49-26-24-47(25-27-49)62(73)81-54-34-30-52(31-35-54)77-41-15-6-8-17-43-79-60(71)4-2/h3-4,10-11,18-19,28-37,44-49H,1-2,5-9,12-17,20-27,39-43H2. The third kappa shape index (κ3) is 20.8. The first-order valence-electron chi connectivity index (χ1n) is 29.1. The Kier molecular flexibility index (Phi) is 25.8. The van der Waals surface area contributed by atoms with E-state index in [4.69, 9.17) is 48.0 Å². The van der Waals surface area contributed by atoms with Crippen LogP contribution in [0.3, 0.4) is 0 Å². The summed E-state index contributed by atoms with van der Waals surface area (Å²) >= 11 is 1.47. The molecule has 2 aliphatic carbocycles. The molecule has 444 valence electrons. The third-order valence-electron chi connectivity index (χ3n) is 14.5. The minimum atomic E-state index is -0.489. The first kappa shape index (κ1) is 63.2. The molecule has 2 fully saturated rings. The number of fused-ring (bicyclic) bond motifs is 1. The van der Waals surface area contributed by atoms with Crippen LogP contribution in [-0.2, 0) is 38.2 Å². The molecule has 2 aliphatic rings. The summed E-state index contributed by atoms with van der Waals surface area (Å²) in [5.41, 5.74) is 1.18. The lowest BCUT2D eigenvalue weighted by Crippen LogP contribution is -2.30. The highest BCUT2D eigenvalue weighted by atomic mass is 32.1. The highest BCUT2D eigenvalue weighted by molar-refractivity contribution is 7.22. The van der Waals surface area contributed by atoms with Crippen LogP contribution in [0.25, 0.3) is 10.2 Å². The van der Waals surface area contributed by atoms with Crippen molar-refractivity contribution < 1.29 is 66.7 Å². The fraction of sp³-hybridized carbons (Fsp3) is 0.431. The van der Waals surface area contributed by atoms with Crippen molar-refractivity contribution in [1.29, 1.82) is 5.26 Å². The van der Waals surface area contributed by atoms with Gasteiger partial charge in [-0.15, -0.1) is 0 Å². The van der Waals surface area contributed by atoms with Crippen LogP contribution in [0.5, 0.6) is 34.5 Å². The average Bonchev–Trinajstić information content (AvgIpc) is 4.13. The van der Waals surface area contributed by atoms with E-state index >= 15 is 0 Å². The second-order valence-corrected chi connectivity index (χ2v) is 21.6. The van der Waals surface area contributed by atoms with E-state index in [1.807, 2.05) is 24.3 Å². The lowest BCUT2D eigenvalue weighted by atomic mass is 9.82. The number of nitrogens with zero attached hydrogens (tertiary/aromatic N) is 4. The molecule has 0 spiro atoms. The number of thiazole rings is 1. The molecule has 0 atom stereocenters. The van der Waals surface area contributed by atoms with Gasteiger partial charge in [0.1, 0.15) is 34.5 Å². The molecule has 4 aromatic carbocycles. The lowest BCUT2D eigenvalue weighted by Gasteiger charge is -2.26. The van der Waals surface area contributed by atoms with Crippen LogP contribution < -0.4 is 33.4 Å². The van der Waals surface area contributed by atoms with E-state index in [1.54, 1.807) is 78.0 Å². The number of benzene rings is 4. The van der Waals surface area contributed by atoms with E-state index in [0.717, 1.165) is 73.7 Å². The van der Waals surface area contributed by atoms with Crippen molar-refractivity contribution >= 4 is 68.7 Å². The Morgan fingerprint density at radius 1 is 0.548 bits per heavy atom. The predicted octanol–water partition coefficient (Wildman–Crippen LogP) is 12.8. The molecule has 0 radical (unpaired) electrons. The molecular formula is C65H74N4O14S. The fourth-order valence-corrected chi connectivity index (χ4v) is 10.6. The van der Waals surface area contributed by atoms with Gasteiger partial charge in [-0.1, -0.05) is 36.6 Å². The summed E-state index contributed by atoms with van der Waals surface area (Å²) in [6.45, 7) is 9.01. The van der Waals surface area contributed by atoms with Crippen LogP contribution in [0.1, 0.15) is 128 Å². The molecule has 1 aromatic heterocycles. The third-order valence-corrected chi connectivity index (χ3v) is 15.5. The van der Waals surface area contributed by atoms with Gasteiger partial charge in [-0.2, -0.15) is 10.4 Å². The van der Waals surface area contributed by atoms with E-state index < -0.39 is 47.5 Å². The van der Waals surface area contributed by atoms with E-state index in [9.17, 15) is 34.0 Å². The summed E-state index contributed by atoms with van der Waals surface area (Å²) in [6.07, 6.45) is 15.8. The number of ether oxygens (including phenoxy) is 8. The van der Waals surface area contributed by atoms with Gasteiger partial charge in [0, 0.05) is 30.7 Å². The molecule has 0 amide bonds. The highest BCUT2D eigenvalue weighted by Crippen LogP contribution is 2.36. The van der Waals surface area contributed by atoms with Gasteiger partial charge in [-0.05, 0) is 194 Å². The fourth-order valence-electron chi connectivity index (χ4n) is 9.64. The van der Waals surface area contributed by atoms with Crippen molar-refractivity contribution in [2.45, 2.75) is 122 Å². The largest absolute Gasteiger partial charge is 0.494 e. The van der Waals surface area contributed by atoms with Gasteiger partial charge in [0.25, 0.3) is 0 Å². The van der Waals surface area contributed by atoms with Crippen LogP contribution in [0.15, 0.2) is 121 Å². The van der Waals surface area contributed by atoms with E-state index in [-0.39, 0.29) is 23.4 Å². The quantitative estimate of drug-likeness (QED) is 0.00949. The van der Waals surface area contributed by atoms with Gasteiger partial charge in [0.05, 0.1) is 72.6 Å². The molecule has 5 aromatic rings. The van der Waals surface area contributed by atoms with Crippen LogP contribution in [0, 0.1) is 35.0 Å². The molecule has 19 heteroatoms. The van der Waals surface area contributed by atoms with Crippen molar-refractivity contribution in [2.75, 3.05) is 38.0 Å². The number of hydrogen-bond donors (Lipinski definition) is 0. The second-order valence-electron chi connectivity index (χ2n) is 20.6. The monoisotopic (exact) mass is 1170 g/mol. The SMILES string of the molecule is C=CC(=O)OCCCCCCOc1ccc(OC(=O)C2CCC(C(=O)Oc3ccc(OC(=O)C4CCC(C(=O)Oc5ccc(OCCCCCCOC(=O)C=C)cc5)CC4)c(C=NN(CCCCC#N)c4nc5ccccc5s4)c3)CC2)cc1. The Bertz CT molecular complexity index is 3010. The Morgan fingerprint density at radius 2 is 0.988 bits per heavy atom. The number of rotatable bonds is 33. The van der Waals surface area contributed by atoms with Gasteiger partial charge < -0.3 is 37.9 Å². The normalized spacial score (nSPS) is 16.6. The van der Waals surface area contributed by atoms with Crippen LogP contribution in [0.4, 0.5) is 5.13 Å². The predicted molar refractivity (Wildman–Crippen MR) is 317 cm³/mol. The second kappa shape index (κ2) is 34.3. The summed E-state index contributed by atoms with van der Waals surface area (Å²) in [5.74, 6) is -1.70. The number of hydrogen-bond acceptors (Lipinski definition) is 19. The molecular weight excluding hydrogens is 1090 g/mol. The molecule has 18 nitrogen and oxygen atoms in total. The maximum Gasteiger partial charge on any atom is 0.330 e. The first-order chi connectivity index (χ1) is 41.0. The van der Waals surface area contributed by atoms with Crippen LogP contribution in [-0.4, -0.2) is 80.0 Å². The van der Waals surface area contributed by atoms with E-state index in [2.05, 4.69) is 19.2 Å². The zero-order valence-corrected chi connectivity index (χ0v) is 48.3. The minimum absolute atomic E-state index is 0.199. The number of esters is 6. The number of unbranched alkanes of at least 4 members (excludes halogenated alkanes) is 8. The summed E-state index contributed by atoms with van der Waals surface area (Å²) in [5, 5.41) is 16.5. The van der Waals surface area contributed by atoms with Gasteiger partial charge in [0.15, 0.2) is 0 Å². The topological polar surface area (TPSA) is 229 Å². The lowest BCUT2D eigenvalue weighted by molar-refractivity contribution is -0.145. The molecule has 7 rings (SSSR count). The van der Waals surface area contributed by atoms with E-state index in [0.29, 0.717) is 137 Å². The molecule has 0 aliphatic heterocycles. The molecule has 0 unspecified atom stereocenters. The van der Waals surface area contributed by atoms with Crippen molar-refractivity contribution in [3.8, 4) is 40.6 Å². The zero-order valence-electron chi connectivity index (χ0n) is 47.5. The summed E-state index contributed by atoms with van der Waals surface area (Å²) in [4.78, 5) is 81.4. The van der Waals surface area contributed by atoms with Gasteiger partial charge in [-0.25, -0.2) is 19.6 Å². The van der Waals surface area contributed by atoms with Crippen molar-refractivity contribution in [3.05, 3.63) is 122 Å². The smallest absolute Gasteiger partial charge is 0.330 e. The molecule has 1 heterocycles. The van der Waals surface area contributed by atoms with Crippen molar-refractivity contribution in [3.63, 3.8) is 0 Å². The highest BCUT2D eigenvalue weighted by Gasteiger charge is 2.34. The maximum absolute atomic E-state index is 13.9. The molecule has 2 saturated carbocycles. The Hall–Kier alpha value is -8.37. The van der Waals surface area contributed by atoms with E-state index in [1.165, 1.54) is 11.3 Å². The number of carbonyl (C=O) groups is 6. The van der Waals surface area contributed by atoms with Gasteiger partial charge in [-0.3, -0.25) is 19.2 Å².